The van der Waals surface area contributed by atoms with Crippen molar-refractivity contribution in [2.75, 3.05) is 6.54 Å². The van der Waals surface area contributed by atoms with Crippen LogP contribution in [-0.2, 0) is 0 Å². The monoisotopic (exact) mass is 231 g/mol. The van der Waals surface area contributed by atoms with E-state index in [0.717, 1.165) is 0 Å². The van der Waals surface area contributed by atoms with Crippen molar-refractivity contribution in [1.29, 1.82) is 0 Å². The number of hydrogen-bond donors (Lipinski definition) is 2. The Morgan fingerprint density at radius 2 is 2.00 bits per heavy atom. The summed E-state index contributed by atoms with van der Waals surface area (Å²) < 4.78 is 0. The first kappa shape index (κ1) is 11.9. The number of carboxylic acid groups (broad SMARTS) is 1. The number of halogens is 3. The number of rotatable bonds is 4. The fourth-order valence-electron chi connectivity index (χ4n) is 0.465. The molecule has 1 unspecified atom stereocenters. The SMILES string of the molecule is C=C(CNC(=O)O)C(Cl)C(Cl)Cl. The summed E-state index contributed by atoms with van der Waals surface area (Å²) in [7, 11) is 0. The summed E-state index contributed by atoms with van der Waals surface area (Å²) in [4.78, 5) is 9.25. The maximum absolute atomic E-state index is 10.0. The van der Waals surface area contributed by atoms with E-state index in [4.69, 9.17) is 39.9 Å². The molecule has 70 valence electrons. The normalized spacial score (nSPS) is 12.7. The van der Waals surface area contributed by atoms with Gasteiger partial charge in [-0.05, 0) is 5.57 Å². The van der Waals surface area contributed by atoms with E-state index in [9.17, 15) is 4.79 Å². The van der Waals surface area contributed by atoms with Crippen molar-refractivity contribution in [3.05, 3.63) is 12.2 Å². The third-order valence-electron chi connectivity index (χ3n) is 1.08. The molecule has 0 radical (unpaired) electrons. The van der Waals surface area contributed by atoms with Gasteiger partial charge in [0.15, 0.2) is 0 Å². The molecule has 6 heteroatoms. The summed E-state index contributed by atoms with van der Waals surface area (Å²) in [6.45, 7) is 3.58. The molecular weight excluding hydrogens is 224 g/mol. The summed E-state index contributed by atoms with van der Waals surface area (Å²) in [6, 6.07) is 0. The minimum atomic E-state index is -1.14. The molecule has 0 rings (SSSR count). The van der Waals surface area contributed by atoms with Crippen molar-refractivity contribution in [1.82, 2.24) is 5.32 Å². The van der Waals surface area contributed by atoms with Gasteiger partial charge in [0.05, 0.1) is 5.38 Å². The zero-order valence-electron chi connectivity index (χ0n) is 6.06. The summed E-state index contributed by atoms with van der Waals surface area (Å²) in [5.41, 5.74) is 0.439. The Balaban J connectivity index is 3.80. The number of amides is 1. The van der Waals surface area contributed by atoms with E-state index < -0.39 is 16.3 Å². The zero-order chi connectivity index (χ0) is 9.72. The second-order valence-electron chi connectivity index (χ2n) is 2.05. The summed E-state index contributed by atoms with van der Waals surface area (Å²) >= 11 is 16.5. The highest BCUT2D eigenvalue weighted by molar-refractivity contribution is 6.48. The average Bonchev–Trinajstić information content (AvgIpc) is 1.98. The highest BCUT2D eigenvalue weighted by Crippen LogP contribution is 2.19. The van der Waals surface area contributed by atoms with Crippen LogP contribution in [0.5, 0.6) is 0 Å². The van der Waals surface area contributed by atoms with Gasteiger partial charge in [0.25, 0.3) is 0 Å². The fraction of sp³-hybridized carbons (Fsp3) is 0.500. The van der Waals surface area contributed by atoms with Gasteiger partial charge in [-0.1, -0.05) is 6.58 Å². The first-order chi connectivity index (χ1) is 5.45. The van der Waals surface area contributed by atoms with Gasteiger partial charge in [0.2, 0.25) is 0 Å². The van der Waals surface area contributed by atoms with Crippen molar-refractivity contribution >= 4 is 40.9 Å². The maximum atomic E-state index is 10.0. The van der Waals surface area contributed by atoms with Crippen LogP contribution in [0, 0.1) is 0 Å². The van der Waals surface area contributed by atoms with Gasteiger partial charge in [-0.25, -0.2) is 4.79 Å². The molecule has 1 atom stereocenters. The molecule has 12 heavy (non-hydrogen) atoms. The smallest absolute Gasteiger partial charge is 0.404 e. The van der Waals surface area contributed by atoms with Gasteiger partial charge in [0.1, 0.15) is 4.84 Å². The maximum Gasteiger partial charge on any atom is 0.404 e. The molecule has 0 aliphatic carbocycles. The number of carbonyl (C=O) groups is 1. The fourth-order valence-corrected chi connectivity index (χ4v) is 0.898. The summed E-state index contributed by atoms with van der Waals surface area (Å²) in [6.07, 6.45) is -1.14. The summed E-state index contributed by atoms with van der Waals surface area (Å²) in [5.74, 6) is 0. The van der Waals surface area contributed by atoms with Crippen LogP contribution in [0.3, 0.4) is 0 Å². The standard InChI is InChI=1S/C6H8Cl3NO2/c1-3(2-10-6(11)12)4(7)5(8)9/h4-5,10H,1-2H2,(H,11,12). The van der Waals surface area contributed by atoms with Crippen LogP contribution in [0.25, 0.3) is 0 Å². The van der Waals surface area contributed by atoms with Crippen molar-refractivity contribution in [3.63, 3.8) is 0 Å². The number of nitrogens with one attached hydrogen (secondary N) is 1. The van der Waals surface area contributed by atoms with E-state index in [2.05, 4.69) is 11.9 Å². The highest BCUT2D eigenvalue weighted by atomic mass is 35.5. The molecule has 0 aromatic heterocycles. The van der Waals surface area contributed by atoms with Gasteiger partial charge in [-0.3, -0.25) is 0 Å². The van der Waals surface area contributed by atoms with Gasteiger partial charge < -0.3 is 10.4 Å². The number of hydrogen-bond acceptors (Lipinski definition) is 1. The van der Waals surface area contributed by atoms with E-state index in [1.165, 1.54) is 0 Å². The van der Waals surface area contributed by atoms with Crippen molar-refractivity contribution < 1.29 is 9.90 Å². The van der Waals surface area contributed by atoms with Gasteiger partial charge in [-0.15, -0.1) is 34.8 Å². The quantitative estimate of drug-likeness (QED) is 0.577. The Morgan fingerprint density at radius 1 is 1.50 bits per heavy atom. The second-order valence-corrected chi connectivity index (χ2v) is 3.69. The molecule has 0 saturated carbocycles. The van der Waals surface area contributed by atoms with Crippen LogP contribution < -0.4 is 5.32 Å². The molecule has 1 amide bonds. The lowest BCUT2D eigenvalue weighted by Gasteiger charge is -2.12. The van der Waals surface area contributed by atoms with Crippen molar-refractivity contribution in [2.24, 2.45) is 0 Å². The van der Waals surface area contributed by atoms with Crippen LogP contribution in [0.4, 0.5) is 4.79 Å². The van der Waals surface area contributed by atoms with Crippen molar-refractivity contribution in [2.45, 2.75) is 10.2 Å². The minimum absolute atomic E-state index is 0.0550. The Morgan fingerprint density at radius 3 is 2.33 bits per heavy atom. The first-order valence-corrected chi connectivity index (χ1v) is 4.32. The van der Waals surface area contributed by atoms with Crippen LogP contribution in [0.2, 0.25) is 0 Å². The topological polar surface area (TPSA) is 49.3 Å². The van der Waals surface area contributed by atoms with E-state index in [1.807, 2.05) is 0 Å². The van der Waals surface area contributed by atoms with Gasteiger partial charge in [0, 0.05) is 6.54 Å². The average molecular weight is 232 g/mol. The first-order valence-electron chi connectivity index (χ1n) is 3.02. The molecule has 0 fully saturated rings. The lowest BCUT2D eigenvalue weighted by Crippen LogP contribution is -2.27. The predicted octanol–water partition coefficient (Wildman–Crippen LogP) is 2.22. The van der Waals surface area contributed by atoms with E-state index in [0.29, 0.717) is 5.57 Å². The molecule has 0 aliphatic rings. The summed E-state index contributed by atoms with van der Waals surface area (Å²) in [5, 5.41) is 9.68. The Labute approximate surface area is 85.3 Å². The predicted molar refractivity (Wildman–Crippen MR) is 50.3 cm³/mol. The number of alkyl halides is 3. The third-order valence-corrected chi connectivity index (χ3v) is 2.40. The van der Waals surface area contributed by atoms with Crippen LogP contribution in [0.1, 0.15) is 0 Å². The van der Waals surface area contributed by atoms with Gasteiger partial charge in [-0.2, -0.15) is 0 Å². The van der Waals surface area contributed by atoms with Crippen molar-refractivity contribution in [3.8, 4) is 0 Å². The molecule has 0 aromatic rings. The van der Waals surface area contributed by atoms with Gasteiger partial charge >= 0.3 is 6.09 Å². The second kappa shape index (κ2) is 5.51. The van der Waals surface area contributed by atoms with Crippen LogP contribution in [-0.4, -0.2) is 28.0 Å². The third kappa shape index (κ3) is 4.70. The van der Waals surface area contributed by atoms with E-state index in [1.54, 1.807) is 0 Å². The molecule has 0 aliphatic heterocycles. The largest absolute Gasteiger partial charge is 0.465 e. The molecule has 2 N–H and O–H groups in total. The molecular formula is C6H8Cl3NO2. The lowest BCUT2D eigenvalue weighted by molar-refractivity contribution is 0.195. The Bertz CT molecular complexity index is 184. The minimum Gasteiger partial charge on any atom is -0.465 e. The Hall–Kier alpha value is -0.120. The van der Waals surface area contributed by atoms with E-state index in [-0.39, 0.29) is 6.54 Å². The zero-order valence-corrected chi connectivity index (χ0v) is 8.33. The highest BCUT2D eigenvalue weighted by Gasteiger charge is 2.17. The molecule has 0 saturated heterocycles. The Kier molecular flexibility index (Phi) is 5.46. The molecule has 0 heterocycles. The molecule has 0 spiro atoms. The van der Waals surface area contributed by atoms with Crippen LogP contribution in [0.15, 0.2) is 12.2 Å². The van der Waals surface area contributed by atoms with Crippen LogP contribution >= 0.6 is 34.8 Å². The molecule has 3 nitrogen and oxygen atoms in total. The molecule has 0 aromatic carbocycles. The van der Waals surface area contributed by atoms with E-state index >= 15 is 0 Å². The lowest BCUT2D eigenvalue weighted by atomic mass is 10.2. The molecule has 0 bridgehead atoms.